The van der Waals surface area contributed by atoms with E-state index in [1.54, 1.807) is 10.9 Å². The largest absolute Gasteiger partial charge is 0.493 e. The van der Waals surface area contributed by atoms with Crippen molar-refractivity contribution in [2.75, 3.05) is 19.7 Å². The number of nitrogens with zero attached hydrogens (tertiary/aromatic N) is 3. The number of likely N-dealkylation sites (tertiary alicyclic amines) is 1. The lowest BCUT2D eigenvalue weighted by Crippen LogP contribution is -2.51. The number of carbonyl (C=O) groups excluding carboxylic acids is 2. The van der Waals surface area contributed by atoms with Crippen LogP contribution < -0.4 is 15.4 Å². The fraction of sp³-hybridized carbons (Fsp3) is 0.621. The zero-order valence-corrected chi connectivity index (χ0v) is 22.6. The first-order chi connectivity index (χ1) is 18.9. The zero-order valence-electron chi connectivity index (χ0n) is 22.6. The molecule has 1 saturated carbocycles. The number of aryl methyl sites for hydroxylation is 1. The van der Waals surface area contributed by atoms with Crippen molar-refractivity contribution in [3.8, 4) is 16.9 Å². The molecule has 0 spiro atoms. The van der Waals surface area contributed by atoms with E-state index < -0.39 is 12.2 Å². The summed E-state index contributed by atoms with van der Waals surface area (Å²) in [5.74, 6) is 0.283. The van der Waals surface area contributed by atoms with Crippen LogP contribution in [0.15, 0.2) is 30.6 Å². The molecule has 210 valence electrons. The summed E-state index contributed by atoms with van der Waals surface area (Å²) in [7, 11) is 1.87. The van der Waals surface area contributed by atoms with Crippen molar-refractivity contribution < 1.29 is 24.2 Å². The number of aliphatic hydroxyl groups is 1. The lowest BCUT2D eigenvalue weighted by atomic mass is 9.99. The highest BCUT2D eigenvalue weighted by Crippen LogP contribution is 2.32. The first kappa shape index (κ1) is 26.3. The quantitative estimate of drug-likeness (QED) is 0.536. The van der Waals surface area contributed by atoms with Gasteiger partial charge in [-0.15, -0.1) is 0 Å². The van der Waals surface area contributed by atoms with Gasteiger partial charge in [0.25, 0.3) is 5.91 Å². The number of hydrogen-bond acceptors (Lipinski definition) is 7. The van der Waals surface area contributed by atoms with Gasteiger partial charge in [0.05, 0.1) is 36.6 Å². The summed E-state index contributed by atoms with van der Waals surface area (Å²) in [5.41, 5.74) is 2.35. The molecule has 3 N–H and O–H groups in total. The van der Waals surface area contributed by atoms with Gasteiger partial charge in [0.2, 0.25) is 5.91 Å². The molecule has 10 heteroatoms. The van der Waals surface area contributed by atoms with Gasteiger partial charge < -0.3 is 25.2 Å². The van der Waals surface area contributed by atoms with Crippen molar-refractivity contribution in [3.05, 3.63) is 36.2 Å². The summed E-state index contributed by atoms with van der Waals surface area (Å²) in [5, 5.41) is 21.1. The third-order valence-corrected chi connectivity index (χ3v) is 8.79. The van der Waals surface area contributed by atoms with E-state index in [-0.39, 0.29) is 36.5 Å². The van der Waals surface area contributed by atoms with Crippen molar-refractivity contribution >= 4 is 11.8 Å². The normalized spacial score (nSPS) is 30.9. The number of amides is 2. The fourth-order valence-corrected chi connectivity index (χ4v) is 6.67. The Balaban J connectivity index is 1.29. The molecule has 3 fully saturated rings. The minimum absolute atomic E-state index is 0.0477. The number of fused-ring (bicyclic) bond motifs is 5. The summed E-state index contributed by atoms with van der Waals surface area (Å²) >= 11 is 0. The molecule has 4 aliphatic rings. The molecular formula is C29H39N5O5. The number of nitrogens with one attached hydrogen (secondary N) is 2. The number of carbonyl (C=O) groups is 2. The maximum atomic E-state index is 13.6. The van der Waals surface area contributed by atoms with Crippen LogP contribution in [0, 0.1) is 0 Å². The molecule has 2 amide bonds. The molecule has 1 aromatic heterocycles. The Morgan fingerprint density at radius 3 is 2.72 bits per heavy atom. The van der Waals surface area contributed by atoms with Crippen molar-refractivity contribution in [1.29, 1.82) is 0 Å². The lowest BCUT2D eigenvalue weighted by molar-refractivity contribution is -0.134. The highest BCUT2D eigenvalue weighted by molar-refractivity contribution is 5.98. The highest BCUT2D eigenvalue weighted by Gasteiger charge is 2.42. The summed E-state index contributed by atoms with van der Waals surface area (Å²) in [4.78, 5) is 29.3. The standard InChI is InChI=1S/C29H39N5O5/c1-33-16-19(14-31-33)18-6-8-23-26(12-18)38-11-10-22-7-9-25(35)27(39-22)15-30-29(37)24-13-20(32-28(23)36)17-34(24)21-4-2-3-5-21/h6,8,12,14,16,20-22,24-25,27,35H,2-5,7,9-11,13,15,17H2,1H3,(H,30,37)(H,32,36)/t20-,22-,24-,25-,27+/m0/s1. The zero-order chi connectivity index (χ0) is 26.9. The van der Waals surface area contributed by atoms with E-state index in [2.05, 4.69) is 20.6 Å². The molecule has 1 aliphatic carbocycles. The minimum Gasteiger partial charge on any atom is -0.493 e. The van der Waals surface area contributed by atoms with Crippen LogP contribution in [0.5, 0.6) is 5.75 Å². The number of hydrogen-bond donors (Lipinski definition) is 3. The molecule has 2 saturated heterocycles. The Morgan fingerprint density at radius 2 is 1.92 bits per heavy atom. The van der Waals surface area contributed by atoms with E-state index in [0.717, 1.165) is 30.4 Å². The van der Waals surface area contributed by atoms with Crippen molar-refractivity contribution in [2.24, 2.45) is 7.05 Å². The second kappa shape index (κ2) is 11.3. The van der Waals surface area contributed by atoms with Gasteiger partial charge >= 0.3 is 0 Å². The van der Waals surface area contributed by atoms with E-state index in [1.165, 1.54) is 12.8 Å². The Kier molecular flexibility index (Phi) is 7.59. The topological polar surface area (TPSA) is 118 Å². The maximum absolute atomic E-state index is 13.6. The van der Waals surface area contributed by atoms with Gasteiger partial charge in [-0.2, -0.15) is 5.10 Å². The maximum Gasteiger partial charge on any atom is 0.255 e. The third-order valence-electron chi connectivity index (χ3n) is 8.79. The van der Waals surface area contributed by atoms with Gasteiger partial charge in [0.1, 0.15) is 11.9 Å². The van der Waals surface area contributed by atoms with Gasteiger partial charge in [-0.25, -0.2) is 0 Å². The monoisotopic (exact) mass is 537 g/mol. The first-order valence-corrected chi connectivity index (χ1v) is 14.4. The number of ether oxygens (including phenoxy) is 2. The predicted octanol–water partition coefficient (Wildman–Crippen LogP) is 2.01. The van der Waals surface area contributed by atoms with Gasteiger partial charge in [0.15, 0.2) is 0 Å². The van der Waals surface area contributed by atoms with Gasteiger partial charge in [-0.1, -0.05) is 18.9 Å². The summed E-state index contributed by atoms with van der Waals surface area (Å²) < 4.78 is 14.2. The summed E-state index contributed by atoms with van der Waals surface area (Å²) in [6.45, 7) is 1.29. The Morgan fingerprint density at radius 1 is 1.08 bits per heavy atom. The Bertz CT molecular complexity index is 1190. The molecule has 0 radical (unpaired) electrons. The van der Waals surface area contributed by atoms with Gasteiger partial charge in [-0.3, -0.25) is 19.2 Å². The van der Waals surface area contributed by atoms with Crippen molar-refractivity contribution in [2.45, 2.75) is 87.8 Å². The summed E-state index contributed by atoms with van der Waals surface area (Å²) in [6.07, 6.45) is 9.58. The van der Waals surface area contributed by atoms with E-state index >= 15 is 0 Å². The van der Waals surface area contributed by atoms with Crippen LogP contribution in [-0.4, -0.2) is 87.7 Å². The van der Waals surface area contributed by atoms with E-state index in [1.807, 2.05) is 31.4 Å². The molecule has 5 atom stereocenters. The molecule has 1 aromatic carbocycles. The predicted molar refractivity (Wildman–Crippen MR) is 144 cm³/mol. The molecule has 10 nitrogen and oxygen atoms in total. The van der Waals surface area contributed by atoms with Crippen LogP contribution in [0.1, 0.15) is 61.7 Å². The molecular weight excluding hydrogens is 498 g/mol. The second-order valence-electron chi connectivity index (χ2n) is 11.5. The number of aliphatic hydroxyl groups excluding tert-OH is 1. The SMILES string of the molecule is Cn1cc(-c2ccc3c(c2)OCC[C@@H]2CC[C@H](O)[C@@H](CNC(=O)[C@@H]4C[C@@H](CN4C4CCCC4)NC3=O)O2)cn1. The van der Waals surface area contributed by atoms with Crippen molar-refractivity contribution in [3.63, 3.8) is 0 Å². The number of rotatable bonds is 2. The minimum atomic E-state index is -0.606. The smallest absolute Gasteiger partial charge is 0.255 e. The van der Waals surface area contributed by atoms with Crippen LogP contribution in [0.25, 0.3) is 11.1 Å². The van der Waals surface area contributed by atoms with Gasteiger partial charge in [0, 0.05) is 50.4 Å². The molecule has 2 aromatic rings. The molecule has 0 unspecified atom stereocenters. The van der Waals surface area contributed by atoms with E-state index in [4.69, 9.17) is 9.47 Å². The Hall–Kier alpha value is -2.95. The van der Waals surface area contributed by atoms with Crippen LogP contribution >= 0.6 is 0 Å². The van der Waals surface area contributed by atoms with Crippen LogP contribution in [-0.2, 0) is 16.6 Å². The average molecular weight is 538 g/mol. The van der Waals surface area contributed by atoms with E-state index in [9.17, 15) is 14.7 Å². The van der Waals surface area contributed by atoms with Crippen LogP contribution in [0.3, 0.4) is 0 Å². The highest BCUT2D eigenvalue weighted by atomic mass is 16.5. The summed E-state index contributed by atoms with van der Waals surface area (Å²) in [6, 6.07) is 5.53. The number of aromatic nitrogens is 2. The molecule has 4 bridgehead atoms. The Labute approximate surface area is 229 Å². The first-order valence-electron chi connectivity index (χ1n) is 14.4. The van der Waals surface area contributed by atoms with E-state index in [0.29, 0.717) is 49.8 Å². The third kappa shape index (κ3) is 5.69. The second-order valence-corrected chi connectivity index (χ2v) is 11.5. The van der Waals surface area contributed by atoms with Gasteiger partial charge in [-0.05, 0) is 49.8 Å². The van der Waals surface area contributed by atoms with Crippen molar-refractivity contribution in [1.82, 2.24) is 25.3 Å². The fourth-order valence-electron chi connectivity index (χ4n) is 6.67. The molecule has 4 heterocycles. The number of benzene rings is 1. The molecule has 39 heavy (non-hydrogen) atoms. The van der Waals surface area contributed by atoms with Crippen LogP contribution in [0.2, 0.25) is 0 Å². The molecule has 6 rings (SSSR count). The van der Waals surface area contributed by atoms with Crippen LogP contribution in [0.4, 0.5) is 0 Å². The average Bonchev–Trinajstić information content (AvgIpc) is 3.69. The lowest BCUT2D eigenvalue weighted by Gasteiger charge is -2.35. The molecule has 3 aliphatic heterocycles.